The number of hydrogen-bond acceptors (Lipinski definition) is 7. The summed E-state index contributed by atoms with van der Waals surface area (Å²) in [5.74, 6) is -0.403. The molecule has 0 radical (unpaired) electrons. The van der Waals surface area contributed by atoms with E-state index in [1.807, 2.05) is 0 Å². The topological polar surface area (TPSA) is 118 Å². The Morgan fingerprint density at radius 3 is 2.46 bits per heavy atom. The Hall–Kier alpha value is -3.44. The van der Waals surface area contributed by atoms with Gasteiger partial charge in [-0.15, -0.1) is 0 Å². The van der Waals surface area contributed by atoms with Crippen LogP contribution >= 0.6 is 0 Å². The van der Waals surface area contributed by atoms with Gasteiger partial charge in [-0.1, -0.05) is 0 Å². The van der Waals surface area contributed by atoms with E-state index >= 15 is 0 Å². The van der Waals surface area contributed by atoms with Crippen LogP contribution in [0.1, 0.15) is 0 Å². The largest absolute Gasteiger partial charge is 0.351 e. The first kappa shape index (κ1) is 17.9. The Bertz CT molecular complexity index is 1140. The minimum Gasteiger partial charge on any atom is -0.351 e. The Kier molecular flexibility index (Phi) is 3.87. The molecule has 1 saturated heterocycles. The third-order valence-corrected chi connectivity index (χ3v) is 5.32. The zero-order valence-electron chi connectivity index (χ0n) is 15.9. The van der Waals surface area contributed by atoms with Gasteiger partial charge in [0.15, 0.2) is 23.4 Å². The molecule has 28 heavy (non-hydrogen) atoms. The summed E-state index contributed by atoms with van der Waals surface area (Å²) in [7, 11) is 6.47. The van der Waals surface area contributed by atoms with Gasteiger partial charge in [0, 0.05) is 41.3 Å². The number of hydrogen-bond donors (Lipinski definition) is 0. The number of carbonyl (C=O) groups excluding carboxylic acids is 2. The number of amides is 3. The molecule has 12 nitrogen and oxygen atoms in total. The Labute approximate surface area is 158 Å². The first-order chi connectivity index (χ1) is 13.2. The molecule has 0 saturated carbocycles. The van der Waals surface area contributed by atoms with Crippen molar-refractivity contribution < 1.29 is 9.59 Å². The van der Waals surface area contributed by atoms with Crippen LogP contribution in [0.3, 0.4) is 0 Å². The van der Waals surface area contributed by atoms with Gasteiger partial charge in [-0.25, -0.2) is 19.6 Å². The summed E-state index contributed by atoms with van der Waals surface area (Å²) in [6.07, 6.45) is 2.41. The minimum atomic E-state index is -0.609. The number of aryl methyl sites for hydroxylation is 2. The number of carbonyl (C=O) groups is 2. The Balaban J connectivity index is 1.67. The summed E-state index contributed by atoms with van der Waals surface area (Å²) < 4.78 is 3.83. The molecule has 0 aromatic carbocycles. The van der Waals surface area contributed by atoms with E-state index in [-0.39, 0.29) is 24.3 Å². The lowest BCUT2D eigenvalue weighted by molar-refractivity contribution is -0.137. The smallest absolute Gasteiger partial charge is 0.332 e. The van der Waals surface area contributed by atoms with Crippen molar-refractivity contribution in [2.24, 2.45) is 19.1 Å². The maximum atomic E-state index is 12.8. The lowest BCUT2D eigenvalue weighted by Crippen LogP contribution is -2.64. The van der Waals surface area contributed by atoms with Crippen LogP contribution in [0.4, 0.5) is 4.79 Å². The molecule has 2 aliphatic rings. The molecule has 2 aromatic heterocycles. The van der Waals surface area contributed by atoms with Crippen LogP contribution in [-0.2, 0) is 25.4 Å². The van der Waals surface area contributed by atoms with Gasteiger partial charge >= 0.3 is 11.7 Å². The quantitative estimate of drug-likeness (QED) is 0.600. The van der Waals surface area contributed by atoms with Crippen molar-refractivity contribution in [1.82, 2.24) is 33.4 Å². The number of nitrogens with zero attached hydrogens (tertiary/aromatic N) is 8. The SMILES string of the molecule is CN1C=N[C@H]2[C@H]1C(=O)N(CCn1c(=O)c3c(ncn3C)n(C)c1=O)C(=O)N2C. The number of rotatable bonds is 3. The average molecular weight is 388 g/mol. The maximum absolute atomic E-state index is 12.8. The average Bonchev–Trinajstić information content (AvgIpc) is 3.23. The second-order valence-electron chi connectivity index (χ2n) is 7.00. The molecule has 2 atom stereocenters. The van der Waals surface area contributed by atoms with E-state index in [4.69, 9.17) is 0 Å². The Morgan fingerprint density at radius 1 is 1.04 bits per heavy atom. The summed E-state index contributed by atoms with van der Waals surface area (Å²) >= 11 is 0. The van der Waals surface area contributed by atoms with E-state index < -0.39 is 35.4 Å². The van der Waals surface area contributed by atoms with Gasteiger partial charge in [0.25, 0.3) is 11.5 Å². The first-order valence-electron chi connectivity index (χ1n) is 8.68. The van der Waals surface area contributed by atoms with Crippen molar-refractivity contribution in [2.75, 3.05) is 20.6 Å². The molecular formula is C16H20N8O4. The van der Waals surface area contributed by atoms with Crippen LogP contribution in [0.5, 0.6) is 0 Å². The number of fused-ring (bicyclic) bond motifs is 2. The fourth-order valence-corrected chi connectivity index (χ4v) is 3.71. The second kappa shape index (κ2) is 6.04. The van der Waals surface area contributed by atoms with Gasteiger partial charge in [-0.3, -0.25) is 23.6 Å². The van der Waals surface area contributed by atoms with Crippen LogP contribution in [0, 0.1) is 0 Å². The first-order valence-corrected chi connectivity index (χ1v) is 8.68. The number of likely N-dealkylation sites (N-methyl/N-ethyl adjacent to an activating group) is 2. The van der Waals surface area contributed by atoms with Crippen LogP contribution < -0.4 is 11.2 Å². The highest BCUT2D eigenvalue weighted by Crippen LogP contribution is 2.24. The molecule has 0 aliphatic carbocycles. The molecule has 0 N–H and O–H groups in total. The molecule has 4 rings (SSSR count). The molecule has 12 heteroatoms. The Morgan fingerprint density at radius 2 is 1.75 bits per heavy atom. The number of aliphatic imine (C=N–C) groups is 1. The van der Waals surface area contributed by atoms with Crippen molar-refractivity contribution in [2.45, 2.75) is 18.8 Å². The molecule has 0 bridgehead atoms. The van der Waals surface area contributed by atoms with Gasteiger partial charge in [-0.05, 0) is 0 Å². The second-order valence-corrected chi connectivity index (χ2v) is 7.00. The lowest BCUT2D eigenvalue weighted by atomic mass is 10.1. The predicted octanol–water partition coefficient (Wildman–Crippen LogP) is -2.00. The summed E-state index contributed by atoms with van der Waals surface area (Å²) in [5.41, 5.74) is -0.506. The maximum Gasteiger partial charge on any atom is 0.332 e. The minimum absolute atomic E-state index is 0.0996. The van der Waals surface area contributed by atoms with E-state index in [1.165, 1.54) is 33.7 Å². The van der Waals surface area contributed by atoms with Crippen molar-refractivity contribution in [1.29, 1.82) is 0 Å². The highest BCUT2D eigenvalue weighted by atomic mass is 16.2. The van der Waals surface area contributed by atoms with Crippen molar-refractivity contribution in [3.05, 3.63) is 27.2 Å². The van der Waals surface area contributed by atoms with E-state index in [0.717, 1.165) is 9.47 Å². The normalized spacial score (nSPS) is 21.9. The van der Waals surface area contributed by atoms with E-state index in [1.54, 1.807) is 26.0 Å². The van der Waals surface area contributed by atoms with Gasteiger partial charge < -0.3 is 14.4 Å². The fourth-order valence-electron chi connectivity index (χ4n) is 3.71. The van der Waals surface area contributed by atoms with Crippen molar-refractivity contribution in [3.8, 4) is 0 Å². The molecule has 2 aromatic rings. The van der Waals surface area contributed by atoms with E-state index in [0.29, 0.717) is 0 Å². The van der Waals surface area contributed by atoms with Gasteiger partial charge in [-0.2, -0.15) is 0 Å². The number of aromatic nitrogens is 4. The molecule has 0 unspecified atom stereocenters. The molecule has 4 heterocycles. The lowest BCUT2D eigenvalue weighted by Gasteiger charge is -2.40. The monoisotopic (exact) mass is 388 g/mol. The molecule has 0 spiro atoms. The summed E-state index contributed by atoms with van der Waals surface area (Å²) in [5, 5.41) is 0. The van der Waals surface area contributed by atoms with Gasteiger partial charge in [0.2, 0.25) is 0 Å². The van der Waals surface area contributed by atoms with Crippen LogP contribution in [0.25, 0.3) is 11.2 Å². The molecule has 1 fully saturated rings. The van der Waals surface area contributed by atoms with Gasteiger partial charge in [0.05, 0.1) is 12.7 Å². The number of imide groups is 1. The molecule has 2 aliphatic heterocycles. The third-order valence-electron chi connectivity index (χ3n) is 5.32. The molecular weight excluding hydrogens is 368 g/mol. The highest BCUT2D eigenvalue weighted by Gasteiger charge is 2.48. The third kappa shape index (κ3) is 2.30. The zero-order chi connectivity index (χ0) is 20.3. The van der Waals surface area contributed by atoms with Crippen LogP contribution in [0.15, 0.2) is 20.9 Å². The predicted molar refractivity (Wildman–Crippen MR) is 98.9 cm³/mol. The fraction of sp³-hybridized carbons (Fsp3) is 0.500. The van der Waals surface area contributed by atoms with E-state index in [2.05, 4.69) is 9.98 Å². The summed E-state index contributed by atoms with van der Waals surface area (Å²) in [4.78, 5) is 63.2. The zero-order valence-corrected chi connectivity index (χ0v) is 15.9. The highest BCUT2D eigenvalue weighted by molar-refractivity contribution is 6.02. The van der Waals surface area contributed by atoms with Crippen LogP contribution in [-0.4, -0.2) is 84.5 Å². The molecule has 3 amide bonds. The van der Waals surface area contributed by atoms with Crippen molar-refractivity contribution >= 4 is 29.4 Å². The molecule has 148 valence electrons. The number of urea groups is 1. The van der Waals surface area contributed by atoms with E-state index in [9.17, 15) is 19.2 Å². The number of imidazole rings is 1. The van der Waals surface area contributed by atoms with Crippen molar-refractivity contribution in [3.63, 3.8) is 0 Å². The summed E-state index contributed by atoms with van der Waals surface area (Å²) in [6, 6.07) is -1.12. The standard InChI is InChI=1S/C16H20N8O4/c1-19-7-17-11-9(19)13(25)23(15(27)21(11)3)5-6-24-14(26)10-12(18-8-20(10)2)22(4)16(24)28/h7-9,11H,5-6H2,1-4H3/t9-,11+/m0/s1. The van der Waals surface area contributed by atoms with Crippen LogP contribution in [0.2, 0.25) is 0 Å². The van der Waals surface area contributed by atoms with Gasteiger partial charge in [0.1, 0.15) is 0 Å². The summed E-state index contributed by atoms with van der Waals surface area (Å²) in [6.45, 7) is -0.211.